The van der Waals surface area contributed by atoms with Crippen molar-refractivity contribution >= 4 is 34.3 Å². The highest BCUT2D eigenvalue weighted by molar-refractivity contribution is 8.13. The van der Waals surface area contributed by atoms with Crippen LogP contribution in [0.25, 0.3) is 0 Å². The second-order valence-electron chi connectivity index (χ2n) is 4.36. The maximum absolute atomic E-state index is 11.2. The fraction of sp³-hybridized carbons (Fsp3) is 0.462. The predicted molar refractivity (Wildman–Crippen MR) is 77.1 cm³/mol. The lowest BCUT2D eigenvalue weighted by Crippen LogP contribution is -2.04. The Bertz CT molecular complexity index is 393. The molecule has 0 aliphatic heterocycles. The van der Waals surface area contributed by atoms with Gasteiger partial charge in [-0.25, -0.2) is 0 Å². The third-order valence-electron chi connectivity index (χ3n) is 2.48. The van der Waals surface area contributed by atoms with Crippen LogP contribution in [0.5, 0.6) is 0 Å². The summed E-state index contributed by atoms with van der Waals surface area (Å²) in [6.45, 7) is 4.39. The van der Waals surface area contributed by atoms with E-state index in [9.17, 15) is 4.79 Å². The molecule has 1 rings (SSSR count). The number of rotatable bonds is 4. The minimum absolute atomic E-state index is 0.0732. The van der Waals surface area contributed by atoms with Gasteiger partial charge in [-0.1, -0.05) is 43.3 Å². The molecule has 0 saturated carbocycles. The molecular formula is C13H18ClNOS. The number of thioether (sulfide) groups is 1. The van der Waals surface area contributed by atoms with Crippen molar-refractivity contribution < 1.29 is 4.79 Å². The number of halogens is 1. The van der Waals surface area contributed by atoms with Gasteiger partial charge < -0.3 is 5.32 Å². The molecule has 0 bridgehead atoms. The van der Waals surface area contributed by atoms with Crippen molar-refractivity contribution in [1.82, 2.24) is 0 Å². The van der Waals surface area contributed by atoms with Gasteiger partial charge in [0, 0.05) is 10.7 Å². The third-order valence-corrected chi connectivity index (χ3v) is 3.30. The van der Waals surface area contributed by atoms with E-state index in [4.69, 9.17) is 11.6 Å². The van der Waals surface area contributed by atoms with Gasteiger partial charge in [-0.2, -0.15) is 0 Å². The van der Waals surface area contributed by atoms with Gasteiger partial charge in [0.25, 0.3) is 5.24 Å². The molecule has 0 unspecified atom stereocenters. The summed E-state index contributed by atoms with van der Waals surface area (Å²) in [7, 11) is 0. The Labute approximate surface area is 112 Å². The Morgan fingerprint density at radius 2 is 2.18 bits per heavy atom. The molecule has 0 spiro atoms. The Morgan fingerprint density at radius 1 is 1.47 bits per heavy atom. The van der Waals surface area contributed by atoms with Crippen LogP contribution in [0.2, 0.25) is 5.02 Å². The van der Waals surface area contributed by atoms with Crippen molar-refractivity contribution in [3.8, 4) is 0 Å². The zero-order chi connectivity index (χ0) is 12.8. The van der Waals surface area contributed by atoms with Crippen molar-refractivity contribution in [3.05, 3.63) is 28.8 Å². The van der Waals surface area contributed by atoms with Crippen LogP contribution in [0.4, 0.5) is 10.5 Å². The van der Waals surface area contributed by atoms with E-state index in [1.807, 2.05) is 18.2 Å². The molecule has 0 aliphatic rings. The van der Waals surface area contributed by atoms with Crippen molar-refractivity contribution in [1.29, 1.82) is 0 Å². The second kappa shape index (κ2) is 6.92. The van der Waals surface area contributed by atoms with Crippen LogP contribution in [0.1, 0.15) is 25.8 Å². The number of amides is 1. The topological polar surface area (TPSA) is 29.1 Å². The number of hydrogen-bond acceptors (Lipinski definition) is 2. The maximum Gasteiger partial charge on any atom is 0.283 e. The lowest BCUT2D eigenvalue weighted by atomic mass is 10.0. The molecule has 17 heavy (non-hydrogen) atoms. The number of carbonyl (C=O) groups excluding carboxylic acids is 1. The minimum Gasteiger partial charge on any atom is -0.317 e. The Hall–Kier alpha value is -0.670. The van der Waals surface area contributed by atoms with Gasteiger partial charge in [-0.3, -0.25) is 4.79 Å². The number of anilines is 1. The Morgan fingerprint density at radius 3 is 2.71 bits per heavy atom. The number of hydrogen-bond donors (Lipinski definition) is 1. The van der Waals surface area contributed by atoms with Gasteiger partial charge in [0.2, 0.25) is 0 Å². The normalized spacial score (nSPS) is 10.6. The molecule has 2 nitrogen and oxygen atoms in total. The third kappa shape index (κ3) is 5.00. The molecule has 1 aromatic rings. The van der Waals surface area contributed by atoms with Crippen LogP contribution in [0.15, 0.2) is 18.2 Å². The molecule has 1 aromatic carbocycles. The number of nitrogens with one attached hydrogen (secondary N) is 1. The van der Waals surface area contributed by atoms with E-state index in [0.717, 1.165) is 40.9 Å². The van der Waals surface area contributed by atoms with Crippen molar-refractivity contribution in [3.63, 3.8) is 0 Å². The van der Waals surface area contributed by atoms with E-state index in [2.05, 4.69) is 19.2 Å². The molecule has 0 atom stereocenters. The van der Waals surface area contributed by atoms with Crippen LogP contribution >= 0.6 is 23.4 Å². The van der Waals surface area contributed by atoms with Gasteiger partial charge in [0.1, 0.15) is 0 Å². The molecule has 0 radical (unpaired) electrons. The zero-order valence-electron chi connectivity index (χ0n) is 10.4. The quantitative estimate of drug-likeness (QED) is 0.850. The number of benzene rings is 1. The highest BCUT2D eigenvalue weighted by Gasteiger charge is 2.05. The van der Waals surface area contributed by atoms with Crippen LogP contribution in [-0.4, -0.2) is 11.5 Å². The molecular weight excluding hydrogens is 254 g/mol. The average Bonchev–Trinajstić information content (AvgIpc) is 2.27. The summed E-state index contributed by atoms with van der Waals surface area (Å²) in [4.78, 5) is 11.2. The SMILES string of the molecule is CSC(=O)Nc1ccc(CCC(C)C)c(Cl)c1. The summed E-state index contributed by atoms with van der Waals surface area (Å²) in [5.41, 5.74) is 1.89. The summed E-state index contributed by atoms with van der Waals surface area (Å²) in [5, 5.41) is 3.42. The van der Waals surface area contributed by atoms with E-state index < -0.39 is 0 Å². The highest BCUT2D eigenvalue weighted by atomic mass is 35.5. The minimum atomic E-state index is -0.0732. The fourth-order valence-corrected chi connectivity index (χ4v) is 1.94. The van der Waals surface area contributed by atoms with Gasteiger partial charge in [0.05, 0.1) is 0 Å². The van der Waals surface area contributed by atoms with Crippen molar-refractivity contribution in [2.45, 2.75) is 26.7 Å². The van der Waals surface area contributed by atoms with Crippen LogP contribution in [-0.2, 0) is 6.42 Å². The number of carbonyl (C=O) groups is 1. The lowest BCUT2D eigenvalue weighted by Gasteiger charge is -2.09. The van der Waals surface area contributed by atoms with E-state index in [1.165, 1.54) is 0 Å². The van der Waals surface area contributed by atoms with E-state index in [-0.39, 0.29) is 5.24 Å². The monoisotopic (exact) mass is 271 g/mol. The standard InChI is InChI=1S/C13H18ClNOS/c1-9(2)4-5-10-6-7-11(8-12(10)14)15-13(16)17-3/h6-9H,4-5H2,1-3H3,(H,15,16). The highest BCUT2D eigenvalue weighted by Crippen LogP contribution is 2.23. The van der Waals surface area contributed by atoms with Gasteiger partial charge in [-0.05, 0) is 42.7 Å². The maximum atomic E-state index is 11.2. The average molecular weight is 272 g/mol. The smallest absolute Gasteiger partial charge is 0.283 e. The van der Waals surface area contributed by atoms with Gasteiger partial charge in [0.15, 0.2) is 0 Å². The van der Waals surface area contributed by atoms with E-state index >= 15 is 0 Å². The summed E-state index contributed by atoms with van der Waals surface area (Å²) in [5.74, 6) is 0.668. The summed E-state index contributed by atoms with van der Waals surface area (Å²) >= 11 is 7.33. The molecule has 4 heteroatoms. The fourth-order valence-electron chi connectivity index (χ4n) is 1.44. The molecule has 1 amide bonds. The first kappa shape index (κ1) is 14.4. The van der Waals surface area contributed by atoms with Crippen molar-refractivity contribution in [2.75, 3.05) is 11.6 Å². The molecule has 0 aromatic heterocycles. The molecule has 94 valence electrons. The first-order valence-corrected chi connectivity index (χ1v) is 7.26. The van der Waals surface area contributed by atoms with Gasteiger partial charge in [-0.15, -0.1) is 0 Å². The molecule has 0 fully saturated rings. The largest absolute Gasteiger partial charge is 0.317 e. The molecule has 0 heterocycles. The Balaban J connectivity index is 2.69. The number of aryl methyl sites for hydroxylation is 1. The van der Waals surface area contributed by atoms with E-state index in [0.29, 0.717) is 5.92 Å². The predicted octanol–water partition coefficient (Wildman–Crippen LogP) is 4.82. The van der Waals surface area contributed by atoms with E-state index in [1.54, 1.807) is 6.26 Å². The summed E-state index contributed by atoms with van der Waals surface area (Å²) < 4.78 is 0. The molecule has 0 aliphatic carbocycles. The molecule has 0 saturated heterocycles. The molecule has 1 N–H and O–H groups in total. The first-order valence-electron chi connectivity index (χ1n) is 5.66. The first-order chi connectivity index (χ1) is 8.02. The summed E-state index contributed by atoms with van der Waals surface area (Å²) in [6.07, 6.45) is 3.84. The van der Waals surface area contributed by atoms with Crippen LogP contribution in [0, 0.1) is 5.92 Å². The van der Waals surface area contributed by atoms with Crippen LogP contribution < -0.4 is 5.32 Å². The zero-order valence-corrected chi connectivity index (χ0v) is 12.0. The Kier molecular flexibility index (Phi) is 5.86. The van der Waals surface area contributed by atoms with Crippen LogP contribution in [0.3, 0.4) is 0 Å². The van der Waals surface area contributed by atoms with Crippen molar-refractivity contribution in [2.24, 2.45) is 5.92 Å². The lowest BCUT2D eigenvalue weighted by molar-refractivity contribution is 0.270. The summed E-state index contributed by atoms with van der Waals surface area (Å²) in [6, 6.07) is 5.70. The second-order valence-corrected chi connectivity index (χ2v) is 5.54. The van der Waals surface area contributed by atoms with Gasteiger partial charge >= 0.3 is 0 Å².